The topological polar surface area (TPSA) is 78.0 Å². The number of para-hydroxylation sites is 1. The lowest BCUT2D eigenvalue weighted by Crippen LogP contribution is -2.55. The number of pyridine rings is 1. The lowest BCUT2D eigenvalue weighted by Gasteiger charge is -2.43. The number of nitrogens with zero attached hydrogens (tertiary/aromatic N) is 4. The molecule has 3 aromatic rings. The Balaban J connectivity index is 1.46. The van der Waals surface area contributed by atoms with E-state index in [9.17, 15) is 18.4 Å². The summed E-state index contributed by atoms with van der Waals surface area (Å²) < 4.78 is 33.4. The zero-order chi connectivity index (χ0) is 31.4. The van der Waals surface area contributed by atoms with Crippen LogP contribution >= 0.6 is 11.6 Å². The summed E-state index contributed by atoms with van der Waals surface area (Å²) in [6.45, 7) is 7.10. The van der Waals surface area contributed by atoms with Crippen molar-refractivity contribution in [2.45, 2.75) is 45.2 Å². The van der Waals surface area contributed by atoms with Crippen molar-refractivity contribution in [1.82, 2.24) is 20.1 Å². The number of nitrogens with one attached hydrogen (secondary N) is 1. The number of hydrogen-bond donors (Lipinski definition) is 1. The number of carbonyl (C=O) groups excluding carboxylic acids is 2. The molecule has 0 radical (unpaired) electrons. The number of hydrogen-bond acceptors (Lipinski definition) is 6. The van der Waals surface area contributed by atoms with Crippen LogP contribution in [0.3, 0.4) is 0 Å². The number of halogens is 3. The number of likely N-dealkylation sites (N-methyl/N-ethyl adjacent to an activating group) is 1. The molecule has 1 N–H and O–H groups in total. The average Bonchev–Trinajstić information content (AvgIpc) is 3.44. The highest BCUT2D eigenvalue weighted by Crippen LogP contribution is 2.34. The Morgan fingerprint density at radius 1 is 1.07 bits per heavy atom. The molecule has 0 saturated carbocycles. The van der Waals surface area contributed by atoms with Crippen LogP contribution in [0, 0.1) is 0 Å². The molecule has 234 valence electrons. The molecule has 2 aromatic carbocycles. The Morgan fingerprint density at radius 2 is 1.86 bits per heavy atom. The quantitative estimate of drug-likeness (QED) is 0.318. The maximum atomic E-state index is 13.8. The number of aromatic nitrogens is 1. The summed E-state index contributed by atoms with van der Waals surface area (Å²) in [5.74, 6) is -0.0329. The first-order valence-electron chi connectivity index (χ1n) is 15.1. The summed E-state index contributed by atoms with van der Waals surface area (Å²) in [6, 6.07) is 15.2. The van der Waals surface area contributed by atoms with Gasteiger partial charge in [-0.25, -0.2) is 13.8 Å². The number of carbonyl (C=O) groups is 2. The maximum Gasteiger partial charge on any atom is 0.272 e. The second kappa shape index (κ2) is 13.9. The molecule has 2 atom stereocenters. The summed E-state index contributed by atoms with van der Waals surface area (Å²) in [5.41, 5.74) is 1.96. The zero-order valence-electron chi connectivity index (χ0n) is 25.2. The number of rotatable bonds is 9. The van der Waals surface area contributed by atoms with Crippen LogP contribution in [0.5, 0.6) is 5.75 Å². The van der Waals surface area contributed by atoms with Gasteiger partial charge in [0.1, 0.15) is 5.75 Å². The molecule has 0 unspecified atom stereocenters. The van der Waals surface area contributed by atoms with E-state index in [0.29, 0.717) is 55.5 Å². The van der Waals surface area contributed by atoms with Crippen molar-refractivity contribution >= 4 is 29.1 Å². The molecule has 3 heterocycles. The number of ether oxygens (including phenoxy) is 1. The maximum absolute atomic E-state index is 13.8. The van der Waals surface area contributed by atoms with Gasteiger partial charge in [0.15, 0.2) is 5.69 Å². The molecule has 2 saturated heterocycles. The summed E-state index contributed by atoms with van der Waals surface area (Å²) in [4.78, 5) is 38.1. The highest BCUT2D eigenvalue weighted by Gasteiger charge is 2.34. The standard InChI is InChI=1S/C33H38ClF2N5O3/c1-4-23-20-40(33(43)24-11-10-21(34)18-26(24)31(35)36)16-17-41(23)28-13-12-27(25-8-6-7-9-29(25)44-5-2)38-30(28)32(42)37-22-14-15-39(3)19-22/h6-13,18,22-23,31H,4-5,14-17,19-20H2,1-3H3,(H,37,42)/t22-,23-/m1/s1. The monoisotopic (exact) mass is 625 g/mol. The van der Waals surface area contributed by atoms with Crippen molar-refractivity contribution in [2.75, 3.05) is 51.3 Å². The van der Waals surface area contributed by atoms with E-state index in [2.05, 4.69) is 15.1 Å². The minimum Gasteiger partial charge on any atom is -0.493 e. The van der Waals surface area contributed by atoms with Crippen LogP contribution in [0.2, 0.25) is 5.02 Å². The first-order valence-corrected chi connectivity index (χ1v) is 15.4. The van der Waals surface area contributed by atoms with Crippen LogP contribution in [-0.2, 0) is 0 Å². The van der Waals surface area contributed by atoms with Crippen LogP contribution < -0.4 is 15.0 Å². The third-order valence-electron chi connectivity index (χ3n) is 8.31. The zero-order valence-corrected chi connectivity index (χ0v) is 26.0. The van der Waals surface area contributed by atoms with Gasteiger partial charge in [-0.1, -0.05) is 30.7 Å². The van der Waals surface area contributed by atoms with Gasteiger partial charge >= 0.3 is 0 Å². The van der Waals surface area contributed by atoms with Gasteiger partial charge in [-0.15, -0.1) is 0 Å². The lowest BCUT2D eigenvalue weighted by atomic mass is 10.0. The molecule has 1 aromatic heterocycles. The van der Waals surface area contributed by atoms with Crippen molar-refractivity contribution in [2.24, 2.45) is 0 Å². The molecular formula is C33H38ClF2N5O3. The van der Waals surface area contributed by atoms with Gasteiger partial charge in [0, 0.05) is 60.0 Å². The predicted octanol–water partition coefficient (Wildman–Crippen LogP) is 5.91. The largest absolute Gasteiger partial charge is 0.493 e. The third kappa shape index (κ3) is 6.81. The molecule has 2 amide bonds. The van der Waals surface area contributed by atoms with Gasteiger partial charge in [-0.05, 0) is 75.8 Å². The number of likely N-dealkylation sites (tertiary alicyclic amines) is 1. The molecule has 0 aliphatic carbocycles. The molecule has 11 heteroatoms. The van der Waals surface area contributed by atoms with Gasteiger partial charge < -0.3 is 24.8 Å². The fourth-order valence-electron chi connectivity index (χ4n) is 6.05. The molecule has 0 spiro atoms. The number of alkyl halides is 2. The fraction of sp³-hybridized carbons (Fsp3) is 0.424. The second-order valence-electron chi connectivity index (χ2n) is 11.3. The van der Waals surface area contributed by atoms with E-state index in [0.717, 1.165) is 31.1 Å². The molecule has 2 aliphatic rings. The molecule has 0 bridgehead atoms. The van der Waals surface area contributed by atoms with Crippen LogP contribution in [0.4, 0.5) is 14.5 Å². The van der Waals surface area contributed by atoms with Crippen LogP contribution in [0.25, 0.3) is 11.3 Å². The lowest BCUT2D eigenvalue weighted by molar-refractivity contribution is 0.0708. The van der Waals surface area contributed by atoms with E-state index in [4.69, 9.17) is 21.3 Å². The van der Waals surface area contributed by atoms with Crippen LogP contribution in [-0.4, -0.2) is 85.1 Å². The fourth-order valence-corrected chi connectivity index (χ4v) is 6.23. The van der Waals surface area contributed by atoms with Crippen molar-refractivity contribution in [3.63, 3.8) is 0 Å². The smallest absolute Gasteiger partial charge is 0.272 e. The van der Waals surface area contributed by atoms with Crippen molar-refractivity contribution in [3.8, 4) is 17.0 Å². The summed E-state index contributed by atoms with van der Waals surface area (Å²) in [7, 11) is 2.03. The van der Waals surface area contributed by atoms with Gasteiger partial charge in [0.05, 0.1) is 18.0 Å². The molecule has 2 aliphatic heterocycles. The minimum absolute atomic E-state index is 0.0152. The van der Waals surface area contributed by atoms with Gasteiger partial charge in [0.25, 0.3) is 18.2 Å². The van der Waals surface area contributed by atoms with Crippen LogP contribution in [0.15, 0.2) is 54.6 Å². The number of amides is 2. The summed E-state index contributed by atoms with van der Waals surface area (Å²) in [5, 5.41) is 3.33. The van der Waals surface area contributed by atoms with Gasteiger partial charge in [-0.2, -0.15) is 0 Å². The van der Waals surface area contributed by atoms with Crippen molar-refractivity contribution in [1.29, 1.82) is 0 Å². The molecule has 5 rings (SSSR count). The predicted molar refractivity (Wildman–Crippen MR) is 168 cm³/mol. The third-order valence-corrected chi connectivity index (χ3v) is 8.54. The average molecular weight is 626 g/mol. The van der Waals surface area contributed by atoms with Crippen molar-refractivity contribution in [3.05, 3.63) is 76.4 Å². The Morgan fingerprint density at radius 3 is 2.57 bits per heavy atom. The van der Waals surface area contributed by atoms with E-state index in [1.165, 1.54) is 12.1 Å². The van der Waals surface area contributed by atoms with E-state index < -0.39 is 12.3 Å². The molecule has 44 heavy (non-hydrogen) atoms. The minimum atomic E-state index is -2.82. The first kappa shape index (κ1) is 31.7. The SMILES string of the molecule is CCOc1ccccc1-c1ccc(N2CCN(C(=O)c3ccc(Cl)cc3C(F)F)C[C@H]2CC)c(C(=O)N[C@@H]2CCN(C)C2)n1. The number of benzene rings is 2. The molecular weight excluding hydrogens is 588 g/mol. The van der Waals surface area contributed by atoms with Crippen LogP contribution in [0.1, 0.15) is 59.5 Å². The molecule has 2 fully saturated rings. The number of piperazine rings is 1. The van der Waals surface area contributed by atoms with E-state index in [1.54, 1.807) is 4.90 Å². The number of anilines is 1. The van der Waals surface area contributed by atoms with Gasteiger partial charge in [-0.3, -0.25) is 9.59 Å². The Hall–Kier alpha value is -3.76. The van der Waals surface area contributed by atoms with Gasteiger partial charge in [0.2, 0.25) is 0 Å². The Bertz CT molecular complexity index is 1510. The van der Waals surface area contributed by atoms with E-state index in [1.807, 2.05) is 57.3 Å². The normalized spacial score (nSPS) is 19.0. The summed E-state index contributed by atoms with van der Waals surface area (Å²) >= 11 is 5.95. The van der Waals surface area contributed by atoms with Crippen molar-refractivity contribution < 1.29 is 23.1 Å². The first-order chi connectivity index (χ1) is 21.2. The molecule has 8 nitrogen and oxygen atoms in total. The Kier molecular flexibility index (Phi) is 10.0. The highest BCUT2D eigenvalue weighted by molar-refractivity contribution is 6.30. The highest BCUT2D eigenvalue weighted by atomic mass is 35.5. The van der Waals surface area contributed by atoms with E-state index in [-0.39, 0.29) is 34.1 Å². The Labute approximate surface area is 261 Å². The van der Waals surface area contributed by atoms with E-state index >= 15 is 0 Å². The second-order valence-corrected chi connectivity index (χ2v) is 11.7. The summed E-state index contributed by atoms with van der Waals surface area (Å²) in [6.07, 6.45) is -1.31.